The third kappa shape index (κ3) is 5.71. The van der Waals surface area contributed by atoms with E-state index in [0.29, 0.717) is 19.7 Å². The molecule has 2 aromatic carbocycles. The van der Waals surface area contributed by atoms with Crippen molar-refractivity contribution in [2.75, 3.05) is 13.2 Å². The molecule has 2 N–H and O–H groups in total. The highest BCUT2D eigenvalue weighted by atomic mass is 35.5. The predicted octanol–water partition coefficient (Wildman–Crippen LogP) is -0.509. The lowest BCUT2D eigenvalue weighted by Gasteiger charge is -2.12. The van der Waals surface area contributed by atoms with E-state index in [0.717, 1.165) is 16.9 Å². The first-order valence-electron chi connectivity index (χ1n) is 6.56. The average Bonchev–Trinajstić information content (AvgIpc) is 2.48. The van der Waals surface area contributed by atoms with E-state index >= 15 is 0 Å². The van der Waals surface area contributed by atoms with Crippen LogP contribution in [0.1, 0.15) is 11.1 Å². The molecule has 0 saturated heterocycles. The highest BCUT2D eigenvalue weighted by molar-refractivity contribution is 5.33. The van der Waals surface area contributed by atoms with Crippen LogP contribution in [0.2, 0.25) is 0 Å². The molecule has 0 aliphatic rings. The van der Waals surface area contributed by atoms with Crippen LogP contribution in [0, 0.1) is 5.82 Å². The van der Waals surface area contributed by atoms with Gasteiger partial charge in [-0.2, -0.15) is 0 Å². The molecule has 0 unspecified atom stereocenters. The molecule has 0 aliphatic carbocycles. The topological polar surface area (TPSA) is 41.5 Å². The summed E-state index contributed by atoms with van der Waals surface area (Å²) >= 11 is 0. The normalized spacial score (nSPS) is 10.0. The lowest BCUT2D eigenvalue weighted by Crippen LogP contribution is -3.00. The van der Waals surface area contributed by atoms with Crippen molar-refractivity contribution in [2.45, 2.75) is 13.2 Å². The lowest BCUT2D eigenvalue weighted by molar-refractivity contribution is -0.00000608. The third-order valence-corrected chi connectivity index (χ3v) is 2.88. The van der Waals surface area contributed by atoms with Gasteiger partial charge in [-0.3, -0.25) is 0 Å². The molecule has 0 aliphatic heterocycles. The van der Waals surface area contributed by atoms with Crippen LogP contribution in [0.5, 0.6) is 5.75 Å². The van der Waals surface area contributed by atoms with Crippen LogP contribution in [0.4, 0.5) is 4.39 Å². The fourth-order valence-electron chi connectivity index (χ4n) is 1.83. The second kappa shape index (κ2) is 9.34. The average molecular weight is 311 g/mol. The molecule has 5 heteroatoms. The van der Waals surface area contributed by atoms with Crippen LogP contribution in [0.15, 0.2) is 48.5 Å². The van der Waals surface area contributed by atoms with Gasteiger partial charge < -0.3 is 27.6 Å². The Hall–Kier alpha value is -1.62. The molecule has 0 fully saturated rings. The summed E-state index contributed by atoms with van der Waals surface area (Å²) in [5.41, 5.74) is 1.95. The van der Waals surface area contributed by atoms with E-state index in [2.05, 4.69) is 5.32 Å². The molecule has 0 aromatic heterocycles. The molecule has 21 heavy (non-hydrogen) atoms. The molecule has 2 aromatic rings. The second-order valence-electron chi connectivity index (χ2n) is 4.42. The Morgan fingerprint density at radius 1 is 1.05 bits per heavy atom. The van der Waals surface area contributed by atoms with Gasteiger partial charge in [0.1, 0.15) is 18.2 Å². The van der Waals surface area contributed by atoms with Crippen molar-refractivity contribution in [1.29, 1.82) is 0 Å². The minimum Gasteiger partial charge on any atom is -1.00 e. The van der Waals surface area contributed by atoms with E-state index < -0.39 is 0 Å². The molecular formula is C16H18ClFNO2-. The van der Waals surface area contributed by atoms with E-state index in [1.807, 2.05) is 24.3 Å². The Labute approximate surface area is 130 Å². The van der Waals surface area contributed by atoms with Crippen molar-refractivity contribution in [3.05, 3.63) is 65.5 Å². The van der Waals surface area contributed by atoms with Gasteiger partial charge in [0.15, 0.2) is 0 Å². The molecule has 0 atom stereocenters. The zero-order valence-electron chi connectivity index (χ0n) is 11.6. The van der Waals surface area contributed by atoms with Crippen molar-refractivity contribution < 1.29 is 26.6 Å². The number of benzene rings is 2. The summed E-state index contributed by atoms with van der Waals surface area (Å²) in [4.78, 5) is 0. The zero-order valence-corrected chi connectivity index (χ0v) is 12.3. The van der Waals surface area contributed by atoms with Gasteiger partial charge in [-0.05, 0) is 23.8 Å². The molecule has 114 valence electrons. The fourth-order valence-corrected chi connectivity index (χ4v) is 1.83. The molecule has 0 spiro atoms. The Bertz CT molecular complexity index is 534. The van der Waals surface area contributed by atoms with Crippen LogP contribution in [-0.2, 0) is 13.2 Å². The number of hydrogen-bond donors (Lipinski definition) is 2. The Balaban J connectivity index is 0.00000220. The van der Waals surface area contributed by atoms with Gasteiger partial charge in [0, 0.05) is 18.7 Å². The fraction of sp³-hybridized carbons (Fsp3) is 0.250. The maximum absolute atomic E-state index is 12.8. The number of hydrogen-bond acceptors (Lipinski definition) is 3. The highest BCUT2D eigenvalue weighted by Crippen LogP contribution is 2.19. The van der Waals surface area contributed by atoms with Gasteiger partial charge in [-0.25, -0.2) is 4.39 Å². The molecule has 0 radical (unpaired) electrons. The molecule has 0 saturated carbocycles. The van der Waals surface area contributed by atoms with Gasteiger partial charge in [0.2, 0.25) is 0 Å². The van der Waals surface area contributed by atoms with Gasteiger partial charge in [-0.15, -0.1) is 0 Å². The molecule has 0 bridgehead atoms. The van der Waals surface area contributed by atoms with Gasteiger partial charge in [0.25, 0.3) is 0 Å². The molecule has 2 rings (SSSR count). The molecule has 0 amide bonds. The number of aliphatic hydroxyl groups excluding tert-OH is 1. The van der Waals surface area contributed by atoms with Gasteiger partial charge in [0.05, 0.1) is 6.61 Å². The maximum Gasteiger partial charge on any atom is 0.124 e. The first kappa shape index (κ1) is 17.4. The predicted molar refractivity (Wildman–Crippen MR) is 76.0 cm³/mol. The van der Waals surface area contributed by atoms with E-state index in [1.165, 1.54) is 12.1 Å². The summed E-state index contributed by atoms with van der Waals surface area (Å²) in [5, 5.41) is 11.9. The molecular weight excluding hydrogens is 293 g/mol. The minimum atomic E-state index is -0.248. The Morgan fingerprint density at radius 2 is 1.76 bits per heavy atom. The standard InChI is InChI=1S/C16H18FNO2.ClH/c17-15-7-5-13(6-8-15)12-20-16-4-2-1-3-14(16)11-18-9-10-19;/h1-8,18-19H,9-12H2;1H/p-1. The SMILES string of the molecule is OCCNCc1ccccc1OCc1ccc(F)cc1.[Cl-]. The summed E-state index contributed by atoms with van der Waals surface area (Å²) in [5.74, 6) is 0.546. The number of ether oxygens (including phenoxy) is 1. The second-order valence-corrected chi connectivity index (χ2v) is 4.42. The summed E-state index contributed by atoms with van der Waals surface area (Å²) in [6, 6.07) is 14.0. The van der Waals surface area contributed by atoms with E-state index in [1.54, 1.807) is 12.1 Å². The lowest BCUT2D eigenvalue weighted by atomic mass is 10.2. The van der Waals surface area contributed by atoms with Crippen molar-refractivity contribution in [3.8, 4) is 5.75 Å². The smallest absolute Gasteiger partial charge is 0.124 e. The van der Waals surface area contributed by atoms with Crippen LogP contribution in [0.3, 0.4) is 0 Å². The number of nitrogens with one attached hydrogen (secondary N) is 1. The monoisotopic (exact) mass is 310 g/mol. The highest BCUT2D eigenvalue weighted by Gasteiger charge is 2.03. The largest absolute Gasteiger partial charge is 1.00 e. The summed E-state index contributed by atoms with van der Waals surface area (Å²) in [6.45, 7) is 1.70. The van der Waals surface area contributed by atoms with Crippen molar-refractivity contribution in [1.82, 2.24) is 5.32 Å². The van der Waals surface area contributed by atoms with E-state index in [9.17, 15) is 4.39 Å². The van der Waals surface area contributed by atoms with Gasteiger partial charge in [-0.1, -0.05) is 30.3 Å². The van der Waals surface area contributed by atoms with Crippen molar-refractivity contribution >= 4 is 0 Å². The molecule has 0 heterocycles. The number of para-hydroxylation sites is 1. The minimum absolute atomic E-state index is 0. The van der Waals surface area contributed by atoms with Gasteiger partial charge >= 0.3 is 0 Å². The van der Waals surface area contributed by atoms with Crippen LogP contribution in [-0.4, -0.2) is 18.3 Å². The first-order valence-corrected chi connectivity index (χ1v) is 6.56. The summed E-state index contributed by atoms with van der Waals surface area (Å²) in [6.07, 6.45) is 0. The Morgan fingerprint density at radius 3 is 2.48 bits per heavy atom. The first-order chi connectivity index (χ1) is 9.79. The third-order valence-electron chi connectivity index (χ3n) is 2.88. The summed E-state index contributed by atoms with van der Waals surface area (Å²) in [7, 11) is 0. The van der Waals surface area contributed by atoms with Crippen molar-refractivity contribution in [3.63, 3.8) is 0 Å². The Kier molecular flexibility index (Phi) is 7.75. The van der Waals surface area contributed by atoms with E-state index in [-0.39, 0.29) is 24.8 Å². The zero-order chi connectivity index (χ0) is 14.2. The van der Waals surface area contributed by atoms with Crippen LogP contribution < -0.4 is 22.5 Å². The number of aliphatic hydroxyl groups is 1. The van der Waals surface area contributed by atoms with Crippen LogP contribution in [0.25, 0.3) is 0 Å². The van der Waals surface area contributed by atoms with Crippen molar-refractivity contribution in [2.24, 2.45) is 0 Å². The maximum atomic E-state index is 12.8. The quantitative estimate of drug-likeness (QED) is 0.677. The number of rotatable bonds is 7. The summed E-state index contributed by atoms with van der Waals surface area (Å²) < 4.78 is 18.6. The van der Waals surface area contributed by atoms with E-state index in [4.69, 9.17) is 9.84 Å². The number of halogens is 2. The molecule has 3 nitrogen and oxygen atoms in total. The van der Waals surface area contributed by atoms with Crippen LogP contribution >= 0.6 is 0 Å².